The van der Waals surface area contributed by atoms with Crippen LogP contribution in [0.15, 0.2) is 18.5 Å². The van der Waals surface area contributed by atoms with Crippen LogP contribution in [0, 0.1) is 11.8 Å². The fourth-order valence-corrected chi connectivity index (χ4v) is 3.11. The highest BCUT2D eigenvalue weighted by Gasteiger charge is 2.27. The fraction of sp³-hybridized carbons (Fsp3) is 0.571. The molecule has 0 amide bonds. The van der Waals surface area contributed by atoms with Crippen molar-refractivity contribution in [1.29, 1.82) is 0 Å². The van der Waals surface area contributed by atoms with Crippen LogP contribution in [0.3, 0.4) is 0 Å². The third-order valence-electron chi connectivity index (χ3n) is 4.45. The topological polar surface area (TPSA) is 56.7 Å². The molecule has 0 spiro atoms. The van der Waals surface area contributed by atoms with Crippen molar-refractivity contribution in [2.75, 3.05) is 5.73 Å². The number of nitrogens with zero attached hydrogens (tertiary/aromatic N) is 3. The zero-order chi connectivity index (χ0) is 12.7. The Balaban J connectivity index is 2.01. The van der Waals surface area contributed by atoms with Gasteiger partial charge in [0.05, 0.1) is 11.7 Å². The molecular weight excluding hydrogens is 224 g/mol. The van der Waals surface area contributed by atoms with Gasteiger partial charge in [-0.2, -0.15) is 0 Å². The third-order valence-corrected chi connectivity index (χ3v) is 4.45. The number of hydrogen-bond acceptors (Lipinski definition) is 3. The first-order valence-electron chi connectivity index (χ1n) is 6.74. The maximum atomic E-state index is 6.09. The lowest BCUT2D eigenvalue weighted by Crippen LogP contribution is -2.24. The van der Waals surface area contributed by atoms with E-state index >= 15 is 0 Å². The summed E-state index contributed by atoms with van der Waals surface area (Å²) in [5.74, 6) is 2.20. The molecule has 4 nitrogen and oxygen atoms in total. The minimum atomic E-state index is 0.489. The quantitative estimate of drug-likeness (QED) is 0.839. The molecule has 0 bridgehead atoms. The Bertz CT molecular complexity index is 560. The van der Waals surface area contributed by atoms with Crippen molar-refractivity contribution < 1.29 is 0 Å². The molecular formula is C14H20N4. The summed E-state index contributed by atoms with van der Waals surface area (Å²) < 4.78 is 2.21. The molecule has 18 heavy (non-hydrogen) atoms. The lowest BCUT2D eigenvalue weighted by Gasteiger charge is -2.33. The van der Waals surface area contributed by atoms with Crippen molar-refractivity contribution in [1.82, 2.24) is 14.5 Å². The molecule has 1 saturated carbocycles. The first kappa shape index (κ1) is 11.5. The molecule has 3 rings (SSSR count). The highest BCUT2D eigenvalue weighted by molar-refractivity contribution is 5.77. The number of rotatable bonds is 1. The number of hydrogen-bond donors (Lipinski definition) is 1. The van der Waals surface area contributed by atoms with E-state index in [4.69, 9.17) is 5.73 Å². The Morgan fingerprint density at radius 1 is 1.28 bits per heavy atom. The summed E-state index contributed by atoms with van der Waals surface area (Å²) in [5.41, 5.74) is 8.11. The second-order valence-corrected chi connectivity index (χ2v) is 5.63. The van der Waals surface area contributed by atoms with Gasteiger partial charge in [-0.15, -0.1) is 0 Å². The van der Waals surface area contributed by atoms with E-state index in [1.54, 1.807) is 6.20 Å². The van der Waals surface area contributed by atoms with Gasteiger partial charge in [0.2, 0.25) is 5.95 Å². The zero-order valence-corrected chi connectivity index (χ0v) is 11.0. The van der Waals surface area contributed by atoms with Crippen LogP contribution in [0.5, 0.6) is 0 Å². The predicted molar refractivity (Wildman–Crippen MR) is 73.2 cm³/mol. The molecule has 0 radical (unpaired) electrons. The van der Waals surface area contributed by atoms with Crippen molar-refractivity contribution in [2.45, 2.75) is 39.2 Å². The fourth-order valence-electron chi connectivity index (χ4n) is 3.11. The van der Waals surface area contributed by atoms with Crippen LogP contribution in [0.4, 0.5) is 5.95 Å². The molecule has 0 aliphatic heterocycles. The third kappa shape index (κ3) is 1.76. The number of nitrogens with two attached hydrogens (primary N) is 1. The van der Waals surface area contributed by atoms with Crippen LogP contribution in [0.2, 0.25) is 0 Å². The van der Waals surface area contributed by atoms with Gasteiger partial charge in [0.25, 0.3) is 0 Å². The lowest BCUT2D eigenvalue weighted by atomic mass is 9.79. The molecule has 2 aromatic heterocycles. The van der Waals surface area contributed by atoms with Gasteiger partial charge in [-0.05, 0) is 37.2 Å². The zero-order valence-electron chi connectivity index (χ0n) is 11.0. The average molecular weight is 244 g/mol. The van der Waals surface area contributed by atoms with Crippen molar-refractivity contribution in [3.05, 3.63) is 18.5 Å². The van der Waals surface area contributed by atoms with Gasteiger partial charge < -0.3 is 10.3 Å². The Morgan fingerprint density at radius 2 is 2.11 bits per heavy atom. The minimum Gasteiger partial charge on any atom is -0.369 e. The molecule has 0 saturated heterocycles. The molecule has 2 heterocycles. The van der Waals surface area contributed by atoms with E-state index < -0.39 is 0 Å². The van der Waals surface area contributed by atoms with Crippen LogP contribution in [0.1, 0.15) is 39.2 Å². The summed E-state index contributed by atoms with van der Waals surface area (Å²) in [6.07, 6.45) is 7.27. The molecule has 2 N–H and O–H groups in total. The van der Waals surface area contributed by atoms with E-state index in [2.05, 4.69) is 28.4 Å². The summed E-state index contributed by atoms with van der Waals surface area (Å²) in [6.45, 7) is 4.69. The van der Waals surface area contributed by atoms with Gasteiger partial charge >= 0.3 is 0 Å². The molecule has 0 aromatic carbocycles. The van der Waals surface area contributed by atoms with Crippen molar-refractivity contribution in [3.63, 3.8) is 0 Å². The summed E-state index contributed by atoms with van der Waals surface area (Å²) in [7, 11) is 0. The Labute approximate surface area is 107 Å². The lowest BCUT2D eigenvalue weighted by molar-refractivity contribution is 0.215. The molecule has 2 aromatic rings. The molecule has 3 unspecified atom stereocenters. The van der Waals surface area contributed by atoms with Gasteiger partial charge in [0.15, 0.2) is 0 Å². The molecule has 1 fully saturated rings. The molecule has 1 aliphatic rings. The largest absolute Gasteiger partial charge is 0.369 e. The maximum Gasteiger partial charge on any atom is 0.201 e. The van der Waals surface area contributed by atoms with E-state index in [1.165, 1.54) is 19.3 Å². The van der Waals surface area contributed by atoms with Crippen LogP contribution in [-0.4, -0.2) is 14.5 Å². The Morgan fingerprint density at radius 3 is 2.89 bits per heavy atom. The number of nitrogen functional groups attached to an aromatic ring is 1. The van der Waals surface area contributed by atoms with Gasteiger partial charge in [-0.25, -0.2) is 4.98 Å². The van der Waals surface area contributed by atoms with E-state index in [9.17, 15) is 0 Å². The SMILES string of the molecule is CC1CCC(n2c(N)nc3cnccc32)CC1C. The van der Waals surface area contributed by atoms with Gasteiger partial charge in [-0.1, -0.05) is 13.8 Å². The van der Waals surface area contributed by atoms with Crippen LogP contribution in [0.25, 0.3) is 11.0 Å². The van der Waals surface area contributed by atoms with Crippen molar-refractivity contribution in [2.24, 2.45) is 11.8 Å². The number of fused-ring (bicyclic) bond motifs is 1. The summed E-state index contributed by atoms with van der Waals surface area (Å²) >= 11 is 0. The smallest absolute Gasteiger partial charge is 0.201 e. The average Bonchev–Trinajstić information content (AvgIpc) is 2.69. The normalized spacial score (nSPS) is 28.7. The number of aromatic nitrogens is 3. The van der Waals surface area contributed by atoms with Crippen LogP contribution in [-0.2, 0) is 0 Å². The summed E-state index contributed by atoms with van der Waals surface area (Å²) in [5, 5.41) is 0. The van der Waals surface area contributed by atoms with Crippen molar-refractivity contribution in [3.8, 4) is 0 Å². The highest BCUT2D eigenvalue weighted by atomic mass is 15.2. The molecule has 1 aliphatic carbocycles. The second kappa shape index (κ2) is 4.26. The predicted octanol–water partition coefficient (Wildman–Crippen LogP) is 3.01. The van der Waals surface area contributed by atoms with E-state index in [1.807, 2.05) is 12.3 Å². The standard InChI is InChI=1S/C14H20N4/c1-9-3-4-11(7-10(9)2)18-13-5-6-16-8-12(13)17-14(18)15/h5-6,8-11H,3-4,7H2,1-2H3,(H2,15,17). The summed E-state index contributed by atoms with van der Waals surface area (Å²) in [4.78, 5) is 8.52. The van der Waals surface area contributed by atoms with Gasteiger partial charge in [0.1, 0.15) is 5.52 Å². The first-order valence-corrected chi connectivity index (χ1v) is 6.74. The Kier molecular flexibility index (Phi) is 2.73. The Hall–Kier alpha value is -1.58. The second-order valence-electron chi connectivity index (χ2n) is 5.63. The molecule has 96 valence electrons. The maximum absolute atomic E-state index is 6.09. The van der Waals surface area contributed by atoms with Crippen LogP contribution >= 0.6 is 0 Å². The van der Waals surface area contributed by atoms with Gasteiger partial charge in [0, 0.05) is 12.2 Å². The number of pyridine rings is 1. The highest BCUT2D eigenvalue weighted by Crippen LogP contribution is 2.38. The number of anilines is 1. The molecule has 3 atom stereocenters. The van der Waals surface area contributed by atoms with Gasteiger partial charge in [-0.3, -0.25) is 4.98 Å². The first-order chi connectivity index (χ1) is 8.66. The molecule has 4 heteroatoms. The minimum absolute atomic E-state index is 0.489. The van der Waals surface area contributed by atoms with E-state index in [0.29, 0.717) is 12.0 Å². The van der Waals surface area contributed by atoms with E-state index in [-0.39, 0.29) is 0 Å². The summed E-state index contributed by atoms with van der Waals surface area (Å²) in [6, 6.07) is 2.50. The van der Waals surface area contributed by atoms with Crippen molar-refractivity contribution >= 4 is 17.0 Å². The number of imidazole rings is 1. The monoisotopic (exact) mass is 244 g/mol. The van der Waals surface area contributed by atoms with E-state index in [0.717, 1.165) is 22.9 Å². The van der Waals surface area contributed by atoms with Crippen LogP contribution < -0.4 is 5.73 Å².